The number of aryl methyl sites for hydroxylation is 1. The molecule has 0 saturated carbocycles. The molecule has 0 aliphatic carbocycles. The van der Waals surface area contributed by atoms with E-state index in [4.69, 9.17) is 23.5 Å². The highest BCUT2D eigenvalue weighted by Gasteiger charge is 2.19. The van der Waals surface area contributed by atoms with Crippen molar-refractivity contribution in [1.82, 2.24) is 5.16 Å². The zero-order chi connectivity index (χ0) is 23.2. The first-order valence-corrected chi connectivity index (χ1v) is 10.4. The highest BCUT2D eigenvalue weighted by molar-refractivity contribution is 5.66. The van der Waals surface area contributed by atoms with Crippen LogP contribution in [-0.2, 0) is 16.1 Å². The monoisotopic (exact) mass is 454 g/mol. The molecule has 0 radical (unpaired) electrons. The van der Waals surface area contributed by atoms with Gasteiger partial charge in [-0.25, -0.2) is 4.79 Å². The molecule has 1 aliphatic rings. The smallest absolute Gasteiger partial charge is 0.488 e. The lowest BCUT2D eigenvalue weighted by atomic mass is 10.1. The Labute approximate surface area is 189 Å². The Hall–Kier alpha value is -3.92. The third kappa shape index (κ3) is 5.66. The van der Waals surface area contributed by atoms with Gasteiger partial charge < -0.3 is 23.5 Å². The van der Waals surface area contributed by atoms with Crippen LogP contribution < -0.4 is 9.47 Å². The molecule has 33 heavy (non-hydrogen) atoms. The van der Waals surface area contributed by atoms with E-state index >= 15 is 0 Å². The van der Waals surface area contributed by atoms with E-state index in [0.717, 1.165) is 30.8 Å². The van der Waals surface area contributed by atoms with Gasteiger partial charge in [-0.15, -0.1) is 0 Å². The van der Waals surface area contributed by atoms with E-state index in [1.807, 2.05) is 24.3 Å². The summed E-state index contributed by atoms with van der Waals surface area (Å²) >= 11 is 0. The number of rotatable bonds is 7. The van der Waals surface area contributed by atoms with Gasteiger partial charge in [-0.2, -0.15) is 0 Å². The lowest BCUT2D eigenvalue weighted by molar-refractivity contribution is -0.384. The second-order valence-corrected chi connectivity index (χ2v) is 7.45. The van der Waals surface area contributed by atoms with Crippen LogP contribution in [0.1, 0.15) is 24.1 Å². The molecule has 1 saturated heterocycles. The van der Waals surface area contributed by atoms with Gasteiger partial charge in [0.2, 0.25) is 0 Å². The molecule has 0 amide bonds. The van der Waals surface area contributed by atoms with Crippen LogP contribution in [0.15, 0.2) is 53.1 Å². The first kappa shape index (κ1) is 22.3. The lowest BCUT2D eigenvalue weighted by Crippen LogP contribution is -2.27. The summed E-state index contributed by atoms with van der Waals surface area (Å²) in [6.07, 6.45) is 1.04. The Morgan fingerprint density at radius 1 is 1.15 bits per heavy atom. The number of hydrogen-bond acceptors (Lipinski definition) is 9. The number of nitro groups is 1. The number of non-ortho nitro benzene ring substituents is 1. The van der Waals surface area contributed by atoms with Gasteiger partial charge in [0.15, 0.2) is 5.76 Å². The quantitative estimate of drug-likeness (QED) is 0.214. The standard InChI is InChI=1S/C23H22N2O8/c1-15-21(14-30-23(26)32-19-10-6-17(7-11-19)25(27)28)22(33-24-15)16-4-8-18(9-5-16)31-20-3-2-12-29-13-20/h4-11,20H,2-3,12-14H2,1H3/t20-/m1/s1. The number of ether oxygens (including phenoxy) is 4. The Bertz CT molecular complexity index is 1100. The van der Waals surface area contributed by atoms with Crippen LogP contribution in [0.25, 0.3) is 11.3 Å². The zero-order valence-electron chi connectivity index (χ0n) is 17.9. The van der Waals surface area contributed by atoms with E-state index in [-0.39, 0.29) is 24.1 Å². The molecule has 10 heteroatoms. The molecule has 1 aliphatic heterocycles. The molecular formula is C23H22N2O8. The normalized spacial score (nSPS) is 15.6. The molecule has 3 aromatic rings. The van der Waals surface area contributed by atoms with Crippen molar-refractivity contribution in [3.63, 3.8) is 0 Å². The lowest BCUT2D eigenvalue weighted by Gasteiger charge is -2.23. The Balaban J connectivity index is 1.37. The van der Waals surface area contributed by atoms with Crippen LogP contribution >= 0.6 is 0 Å². The Morgan fingerprint density at radius 2 is 1.88 bits per heavy atom. The van der Waals surface area contributed by atoms with Crippen LogP contribution in [0, 0.1) is 17.0 Å². The molecule has 0 N–H and O–H groups in total. The minimum absolute atomic E-state index is 0.0443. The molecule has 0 spiro atoms. The summed E-state index contributed by atoms with van der Waals surface area (Å²) in [7, 11) is 0. The predicted octanol–water partition coefficient (Wildman–Crippen LogP) is 4.83. The molecule has 1 aromatic heterocycles. The number of nitrogens with zero attached hydrogens (tertiary/aromatic N) is 2. The first-order chi connectivity index (χ1) is 16.0. The summed E-state index contributed by atoms with van der Waals surface area (Å²) in [5.41, 5.74) is 1.83. The molecule has 2 aromatic carbocycles. The molecule has 4 rings (SSSR count). The number of carbonyl (C=O) groups is 1. The predicted molar refractivity (Wildman–Crippen MR) is 115 cm³/mol. The third-order valence-electron chi connectivity index (χ3n) is 5.11. The minimum Gasteiger partial charge on any atom is -0.488 e. The molecule has 2 heterocycles. The highest BCUT2D eigenvalue weighted by Crippen LogP contribution is 2.29. The van der Waals surface area contributed by atoms with Gasteiger partial charge in [0.1, 0.15) is 24.2 Å². The van der Waals surface area contributed by atoms with Crippen LogP contribution in [0.5, 0.6) is 11.5 Å². The summed E-state index contributed by atoms with van der Waals surface area (Å²) in [5.74, 6) is 1.34. The maximum Gasteiger partial charge on any atom is 0.514 e. The SMILES string of the molecule is Cc1noc(-c2ccc(O[C@@H]3CCCOC3)cc2)c1COC(=O)Oc1ccc([N+](=O)[O-])cc1. The van der Waals surface area contributed by atoms with E-state index in [0.29, 0.717) is 23.6 Å². The van der Waals surface area contributed by atoms with Crippen molar-refractivity contribution in [2.45, 2.75) is 32.5 Å². The van der Waals surface area contributed by atoms with Gasteiger partial charge in [0, 0.05) is 24.3 Å². The van der Waals surface area contributed by atoms with Gasteiger partial charge in [0.25, 0.3) is 5.69 Å². The second-order valence-electron chi connectivity index (χ2n) is 7.45. The number of aromatic nitrogens is 1. The highest BCUT2D eigenvalue weighted by atomic mass is 16.7. The van der Waals surface area contributed by atoms with Gasteiger partial charge in [0.05, 0.1) is 22.8 Å². The van der Waals surface area contributed by atoms with Crippen molar-refractivity contribution in [3.8, 4) is 22.8 Å². The first-order valence-electron chi connectivity index (χ1n) is 10.4. The van der Waals surface area contributed by atoms with Crippen molar-refractivity contribution in [3.05, 3.63) is 69.9 Å². The van der Waals surface area contributed by atoms with Crippen molar-refractivity contribution >= 4 is 11.8 Å². The minimum atomic E-state index is -0.950. The van der Waals surface area contributed by atoms with Crippen molar-refractivity contribution < 1.29 is 33.2 Å². The Morgan fingerprint density at radius 3 is 2.55 bits per heavy atom. The number of nitro benzene ring substituents is 1. The van der Waals surface area contributed by atoms with E-state index < -0.39 is 11.1 Å². The zero-order valence-corrected chi connectivity index (χ0v) is 17.9. The molecule has 172 valence electrons. The van der Waals surface area contributed by atoms with Crippen LogP contribution in [0.4, 0.5) is 10.5 Å². The summed E-state index contributed by atoms with van der Waals surface area (Å²) in [6, 6.07) is 12.5. The number of benzene rings is 2. The fourth-order valence-corrected chi connectivity index (χ4v) is 3.36. The average molecular weight is 454 g/mol. The number of hydrogen-bond donors (Lipinski definition) is 0. The van der Waals surface area contributed by atoms with Crippen molar-refractivity contribution in [2.24, 2.45) is 0 Å². The van der Waals surface area contributed by atoms with Crippen LogP contribution in [0.2, 0.25) is 0 Å². The van der Waals surface area contributed by atoms with Crippen LogP contribution in [0.3, 0.4) is 0 Å². The van der Waals surface area contributed by atoms with Gasteiger partial charge >= 0.3 is 6.16 Å². The van der Waals surface area contributed by atoms with Crippen molar-refractivity contribution in [1.29, 1.82) is 0 Å². The topological polar surface area (TPSA) is 123 Å². The summed E-state index contributed by atoms with van der Waals surface area (Å²) in [6.45, 7) is 2.98. The fourth-order valence-electron chi connectivity index (χ4n) is 3.36. The molecule has 10 nitrogen and oxygen atoms in total. The molecule has 1 atom stereocenters. The van der Waals surface area contributed by atoms with Gasteiger partial charge in [-0.3, -0.25) is 10.1 Å². The molecule has 1 fully saturated rings. The van der Waals surface area contributed by atoms with Crippen LogP contribution in [-0.4, -0.2) is 35.6 Å². The number of carbonyl (C=O) groups excluding carboxylic acids is 1. The fraction of sp³-hybridized carbons (Fsp3) is 0.304. The molecule has 0 unspecified atom stereocenters. The maximum absolute atomic E-state index is 12.1. The van der Waals surface area contributed by atoms with E-state index in [9.17, 15) is 14.9 Å². The average Bonchev–Trinajstić information content (AvgIpc) is 3.19. The van der Waals surface area contributed by atoms with Gasteiger partial charge in [-0.05, 0) is 56.2 Å². The largest absolute Gasteiger partial charge is 0.514 e. The van der Waals surface area contributed by atoms with E-state index in [1.165, 1.54) is 24.3 Å². The van der Waals surface area contributed by atoms with E-state index in [2.05, 4.69) is 5.16 Å². The summed E-state index contributed by atoms with van der Waals surface area (Å²) < 4.78 is 27.1. The molecule has 0 bridgehead atoms. The summed E-state index contributed by atoms with van der Waals surface area (Å²) in [5, 5.41) is 14.7. The third-order valence-corrected chi connectivity index (χ3v) is 5.11. The van der Waals surface area contributed by atoms with E-state index in [1.54, 1.807) is 6.92 Å². The Kier molecular flexibility index (Phi) is 6.84. The maximum atomic E-state index is 12.1. The summed E-state index contributed by atoms with van der Waals surface area (Å²) in [4.78, 5) is 22.2. The van der Waals surface area contributed by atoms with Gasteiger partial charge in [-0.1, -0.05) is 5.16 Å². The molecular weight excluding hydrogens is 432 g/mol. The van der Waals surface area contributed by atoms with Crippen molar-refractivity contribution in [2.75, 3.05) is 13.2 Å². The second kappa shape index (κ2) is 10.1.